The average Bonchev–Trinajstić information content (AvgIpc) is 2.96. The number of amides is 1. The van der Waals surface area contributed by atoms with Crippen molar-refractivity contribution in [1.29, 1.82) is 0 Å². The minimum absolute atomic E-state index is 0.0627. The second-order valence-corrected chi connectivity index (χ2v) is 8.67. The van der Waals surface area contributed by atoms with Crippen molar-refractivity contribution in [3.8, 4) is 5.75 Å². The SMILES string of the molecule is Cc1ccc(OS(=O)(=O)c2ccccc2)c(/C=N\N=C2\NC(=O)[C@H](C)S2)c1. The second kappa shape index (κ2) is 7.93. The minimum Gasteiger partial charge on any atom is -0.378 e. The van der Waals surface area contributed by atoms with E-state index in [9.17, 15) is 13.2 Å². The van der Waals surface area contributed by atoms with Gasteiger partial charge >= 0.3 is 10.1 Å². The Morgan fingerprint density at radius 2 is 1.93 bits per heavy atom. The van der Waals surface area contributed by atoms with Gasteiger partial charge in [-0.15, -0.1) is 5.10 Å². The van der Waals surface area contributed by atoms with Gasteiger partial charge in [0.1, 0.15) is 4.90 Å². The van der Waals surface area contributed by atoms with Crippen LogP contribution in [-0.2, 0) is 14.9 Å². The summed E-state index contributed by atoms with van der Waals surface area (Å²) < 4.78 is 30.2. The van der Waals surface area contributed by atoms with Crippen LogP contribution in [0, 0.1) is 6.92 Å². The van der Waals surface area contributed by atoms with E-state index in [1.165, 1.54) is 30.1 Å². The van der Waals surface area contributed by atoms with Gasteiger partial charge in [0, 0.05) is 5.56 Å². The summed E-state index contributed by atoms with van der Waals surface area (Å²) in [5.74, 6) is 0.0207. The van der Waals surface area contributed by atoms with Crippen molar-refractivity contribution >= 4 is 39.2 Å². The average molecular weight is 403 g/mol. The molecule has 9 heteroatoms. The predicted octanol–water partition coefficient (Wildman–Crippen LogP) is 2.70. The molecular formula is C18H17N3O4S2. The van der Waals surface area contributed by atoms with Gasteiger partial charge in [-0.2, -0.15) is 13.5 Å². The number of hydrogen-bond acceptors (Lipinski definition) is 7. The lowest BCUT2D eigenvalue weighted by Gasteiger charge is -2.09. The van der Waals surface area contributed by atoms with Gasteiger partial charge in [0.05, 0.1) is 11.5 Å². The molecule has 1 atom stereocenters. The minimum atomic E-state index is -3.96. The van der Waals surface area contributed by atoms with Crippen LogP contribution in [-0.4, -0.2) is 31.0 Å². The fourth-order valence-corrected chi connectivity index (χ4v) is 3.98. The van der Waals surface area contributed by atoms with E-state index in [1.54, 1.807) is 43.3 Å². The third-order valence-corrected chi connectivity index (χ3v) is 5.85. The number of aryl methyl sites for hydroxylation is 1. The quantitative estimate of drug-likeness (QED) is 0.470. The van der Waals surface area contributed by atoms with E-state index >= 15 is 0 Å². The molecule has 0 spiro atoms. The van der Waals surface area contributed by atoms with E-state index in [2.05, 4.69) is 15.5 Å². The fourth-order valence-electron chi connectivity index (χ4n) is 2.25. The third-order valence-electron chi connectivity index (χ3n) is 3.63. The molecule has 2 aromatic carbocycles. The van der Waals surface area contributed by atoms with Gasteiger partial charge in [-0.25, -0.2) is 0 Å². The van der Waals surface area contributed by atoms with Crippen molar-refractivity contribution in [1.82, 2.24) is 5.32 Å². The summed E-state index contributed by atoms with van der Waals surface area (Å²) in [6.07, 6.45) is 1.39. The first-order valence-electron chi connectivity index (χ1n) is 8.04. The normalized spacial score (nSPS) is 18.8. The Hall–Kier alpha value is -2.65. The molecule has 27 heavy (non-hydrogen) atoms. The lowest BCUT2D eigenvalue weighted by molar-refractivity contribution is -0.118. The van der Waals surface area contributed by atoms with Crippen molar-refractivity contribution in [2.75, 3.05) is 0 Å². The molecule has 0 bridgehead atoms. The van der Waals surface area contributed by atoms with Crippen LogP contribution in [0.4, 0.5) is 0 Å². The molecule has 1 amide bonds. The highest BCUT2D eigenvalue weighted by atomic mass is 32.2. The Balaban J connectivity index is 1.85. The number of amidine groups is 1. The van der Waals surface area contributed by atoms with Gasteiger partial charge in [-0.05, 0) is 38.1 Å². The predicted molar refractivity (Wildman–Crippen MR) is 106 cm³/mol. The summed E-state index contributed by atoms with van der Waals surface area (Å²) >= 11 is 1.27. The molecule has 0 aliphatic carbocycles. The highest BCUT2D eigenvalue weighted by Crippen LogP contribution is 2.23. The second-order valence-electron chi connectivity index (χ2n) is 5.79. The van der Waals surface area contributed by atoms with Crippen molar-refractivity contribution in [2.45, 2.75) is 24.0 Å². The van der Waals surface area contributed by atoms with Crippen LogP contribution in [0.3, 0.4) is 0 Å². The maximum Gasteiger partial charge on any atom is 0.339 e. The zero-order valence-electron chi connectivity index (χ0n) is 14.6. The summed E-state index contributed by atoms with van der Waals surface area (Å²) in [7, 11) is -3.96. The summed E-state index contributed by atoms with van der Waals surface area (Å²) in [4.78, 5) is 11.5. The first-order chi connectivity index (χ1) is 12.8. The van der Waals surface area contributed by atoms with Gasteiger partial charge in [0.2, 0.25) is 5.91 Å². The molecule has 0 aromatic heterocycles. The molecule has 1 heterocycles. The third kappa shape index (κ3) is 4.75. The molecule has 1 aliphatic heterocycles. The van der Waals surface area contributed by atoms with Gasteiger partial charge in [0.25, 0.3) is 0 Å². The van der Waals surface area contributed by atoms with Gasteiger partial charge in [-0.3, -0.25) is 4.79 Å². The van der Waals surface area contributed by atoms with E-state index < -0.39 is 10.1 Å². The van der Waals surface area contributed by atoms with Gasteiger partial charge in [-0.1, -0.05) is 41.6 Å². The molecule has 1 fully saturated rings. The van der Waals surface area contributed by atoms with Crippen molar-refractivity contribution in [3.63, 3.8) is 0 Å². The van der Waals surface area contributed by atoms with Crippen molar-refractivity contribution in [2.24, 2.45) is 10.2 Å². The number of benzene rings is 2. The Bertz CT molecular complexity index is 1020. The monoisotopic (exact) mass is 403 g/mol. The van der Waals surface area contributed by atoms with Gasteiger partial charge < -0.3 is 9.50 Å². The van der Waals surface area contributed by atoms with Crippen LogP contribution in [0.1, 0.15) is 18.1 Å². The van der Waals surface area contributed by atoms with Crippen LogP contribution >= 0.6 is 11.8 Å². The van der Waals surface area contributed by atoms with Crippen LogP contribution in [0.5, 0.6) is 5.75 Å². The van der Waals surface area contributed by atoms with Crippen LogP contribution in [0.15, 0.2) is 63.6 Å². The number of carbonyl (C=O) groups excluding carboxylic acids is 1. The maximum absolute atomic E-state index is 12.4. The summed E-state index contributed by atoms with van der Waals surface area (Å²) in [5, 5.41) is 10.7. The standard InChI is InChI=1S/C18H17N3O4S2/c1-12-8-9-16(25-27(23,24)15-6-4-3-5-7-15)14(10-12)11-19-21-18-20-17(22)13(2)26-18/h3-11,13H,1-2H3,(H,20,21,22)/b19-11-/t13-/m0/s1. The maximum atomic E-state index is 12.4. The van der Waals surface area contributed by atoms with E-state index in [-0.39, 0.29) is 21.8 Å². The largest absolute Gasteiger partial charge is 0.378 e. The summed E-state index contributed by atoms with van der Waals surface area (Å²) in [5.41, 5.74) is 1.37. The smallest absolute Gasteiger partial charge is 0.339 e. The Morgan fingerprint density at radius 3 is 2.59 bits per heavy atom. The van der Waals surface area contributed by atoms with Crippen molar-refractivity contribution < 1.29 is 17.4 Å². The van der Waals surface area contributed by atoms with E-state index in [1.807, 2.05) is 6.92 Å². The molecule has 3 rings (SSSR count). The molecule has 140 valence electrons. The van der Waals surface area contributed by atoms with Crippen molar-refractivity contribution in [3.05, 3.63) is 59.7 Å². The Kier molecular flexibility index (Phi) is 5.62. The van der Waals surface area contributed by atoms with Crippen LogP contribution < -0.4 is 9.50 Å². The van der Waals surface area contributed by atoms with Gasteiger partial charge in [0.15, 0.2) is 10.9 Å². The molecule has 0 radical (unpaired) electrons. The van der Waals surface area contributed by atoms with Crippen LogP contribution in [0.25, 0.3) is 0 Å². The Labute approximate surface area is 161 Å². The fraction of sp³-hybridized carbons (Fsp3) is 0.167. The molecule has 0 unspecified atom stereocenters. The van der Waals surface area contributed by atoms with E-state index in [4.69, 9.17) is 4.18 Å². The molecule has 1 aliphatic rings. The van der Waals surface area contributed by atoms with E-state index in [0.717, 1.165) is 5.56 Å². The van der Waals surface area contributed by atoms with Crippen LogP contribution in [0.2, 0.25) is 0 Å². The van der Waals surface area contributed by atoms with E-state index in [0.29, 0.717) is 10.7 Å². The number of nitrogens with one attached hydrogen (secondary N) is 1. The molecule has 0 saturated carbocycles. The molecule has 2 aromatic rings. The zero-order valence-corrected chi connectivity index (χ0v) is 16.3. The first-order valence-corrected chi connectivity index (χ1v) is 10.3. The summed E-state index contributed by atoms with van der Waals surface area (Å²) in [6.45, 7) is 3.64. The first kappa shape index (κ1) is 19.1. The molecule has 7 nitrogen and oxygen atoms in total. The molecule has 1 saturated heterocycles. The Morgan fingerprint density at radius 1 is 1.19 bits per heavy atom. The lowest BCUT2D eigenvalue weighted by Crippen LogP contribution is -2.23. The number of nitrogens with zero attached hydrogens (tertiary/aromatic N) is 2. The topological polar surface area (TPSA) is 97.2 Å². The number of rotatable bonds is 5. The number of carbonyl (C=O) groups is 1. The number of thioether (sulfide) groups is 1. The highest BCUT2D eigenvalue weighted by Gasteiger charge is 2.25. The zero-order chi connectivity index (χ0) is 19.4. The highest BCUT2D eigenvalue weighted by molar-refractivity contribution is 8.15. The number of hydrogen-bond donors (Lipinski definition) is 1. The molecular weight excluding hydrogens is 386 g/mol. The lowest BCUT2D eigenvalue weighted by atomic mass is 10.1. The molecule has 1 N–H and O–H groups in total. The summed E-state index contributed by atoms with van der Waals surface area (Å²) in [6, 6.07) is 12.9.